The summed E-state index contributed by atoms with van der Waals surface area (Å²) in [6, 6.07) is 9.54. The molecule has 1 aromatic rings. The van der Waals surface area contributed by atoms with Crippen LogP contribution in [-0.4, -0.2) is 66.9 Å². The van der Waals surface area contributed by atoms with Crippen LogP contribution < -0.4 is 0 Å². The van der Waals surface area contributed by atoms with Gasteiger partial charge in [-0.1, -0.05) is 36.9 Å². The topological polar surface area (TPSA) is 49.9 Å². The SMILES string of the molecule is C=CC(=O)N1CCC(C(=O)N2CCOC(C(F)F)CC2)(c2ccccc2)CC1. The summed E-state index contributed by atoms with van der Waals surface area (Å²) in [5.41, 5.74) is 0.144. The monoisotopic (exact) mass is 392 g/mol. The molecule has 28 heavy (non-hydrogen) atoms. The molecule has 1 atom stereocenters. The van der Waals surface area contributed by atoms with E-state index in [1.165, 1.54) is 6.08 Å². The molecule has 0 radical (unpaired) electrons. The Kier molecular flexibility index (Phi) is 6.44. The first kappa shape index (κ1) is 20.5. The van der Waals surface area contributed by atoms with Gasteiger partial charge in [-0.25, -0.2) is 8.78 Å². The fraction of sp³-hybridized carbons (Fsp3) is 0.524. The number of hydrogen-bond acceptors (Lipinski definition) is 3. The summed E-state index contributed by atoms with van der Waals surface area (Å²) in [4.78, 5) is 28.9. The zero-order valence-corrected chi connectivity index (χ0v) is 15.9. The molecule has 0 aliphatic carbocycles. The van der Waals surface area contributed by atoms with E-state index in [1.54, 1.807) is 9.80 Å². The fourth-order valence-electron chi connectivity index (χ4n) is 4.12. The molecule has 2 heterocycles. The lowest BCUT2D eigenvalue weighted by Crippen LogP contribution is -2.54. The van der Waals surface area contributed by atoms with Crippen molar-refractivity contribution in [1.29, 1.82) is 0 Å². The predicted molar refractivity (Wildman–Crippen MR) is 101 cm³/mol. The number of carbonyl (C=O) groups excluding carboxylic acids is 2. The first-order valence-corrected chi connectivity index (χ1v) is 9.64. The van der Waals surface area contributed by atoms with Gasteiger partial charge in [0.2, 0.25) is 11.8 Å². The number of halogens is 2. The van der Waals surface area contributed by atoms with Gasteiger partial charge in [-0.3, -0.25) is 9.59 Å². The third-order valence-electron chi connectivity index (χ3n) is 5.78. The molecule has 2 amide bonds. The molecule has 1 aromatic carbocycles. The summed E-state index contributed by atoms with van der Waals surface area (Å²) in [6.07, 6.45) is -1.29. The number of alkyl halides is 2. The smallest absolute Gasteiger partial charge is 0.264 e. The number of amides is 2. The number of rotatable bonds is 4. The molecule has 0 N–H and O–H groups in total. The van der Waals surface area contributed by atoms with Gasteiger partial charge in [0.05, 0.1) is 12.0 Å². The van der Waals surface area contributed by atoms with E-state index in [-0.39, 0.29) is 31.4 Å². The Morgan fingerprint density at radius 3 is 2.39 bits per heavy atom. The lowest BCUT2D eigenvalue weighted by atomic mass is 9.71. The van der Waals surface area contributed by atoms with Gasteiger partial charge in [0.15, 0.2) is 0 Å². The maximum absolute atomic E-state index is 13.6. The highest BCUT2D eigenvalue weighted by molar-refractivity contribution is 5.90. The first-order valence-electron chi connectivity index (χ1n) is 9.64. The Hall–Kier alpha value is -2.28. The van der Waals surface area contributed by atoms with Crippen LogP contribution in [0.4, 0.5) is 8.78 Å². The molecular formula is C21H26F2N2O3. The molecule has 0 aromatic heterocycles. The van der Waals surface area contributed by atoms with Crippen LogP contribution in [0.3, 0.4) is 0 Å². The van der Waals surface area contributed by atoms with Crippen LogP contribution in [0.25, 0.3) is 0 Å². The van der Waals surface area contributed by atoms with E-state index >= 15 is 0 Å². The number of ether oxygens (including phenoxy) is 1. The highest BCUT2D eigenvalue weighted by Gasteiger charge is 2.46. The van der Waals surface area contributed by atoms with E-state index in [2.05, 4.69) is 6.58 Å². The Morgan fingerprint density at radius 2 is 1.79 bits per heavy atom. The normalized spacial score (nSPS) is 22.6. The second kappa shape index (κ2) is 8.82. The Labute approximate surface area is 163 Å². The molecule has 2 aliphatic heterocycles. The zero-order valence-electron chi connectivity index (χ0n) is 15.9. The highest BCUT2D eigenvalue weighted by Crippen LogP contribution is 2.38. The maximum atomic E-state index is 13.6. The Bertz CT molecular complexity index is 703. The first-order chi connectivity index (χ1) is 13.5. The molecule has 0 bridgehead atoms. The minimum atomic E-state index is -2.55. The van der Waals surface area contributed by atoms with Crippen molar-refractivity contribution in [1.82, 2.24) is 9.80 Å². The van der Waals surface area contributed by atoms with Gasteiger partial charge in [0, 0.05) is 26.2 Å². The average Bonchev–Trinajstić information content (AvgIpc) is 3.00. The number of carbonyl (C=O) groups is 2. The molecule has 1 unspecified atom stereocenters. The van der Waals surface area contributed by atoms with Crippen LogP contribution in [0.2, 0.25) is 0 Å². The average molecular weight is 392 g/mol. The summed E-state index contributed by atoms with van der Waals surface area (Å²) in [6.45, 7) is 5.09. The fourth-order valence-corrected chi connectivity index (χ4v) is 4.12. The van der Waals surface area contributed by atoms with Crippen molar-refractivity contribution >= 4 is 11.8 Å². The number of piperidine rings is 1. The molecule has 2 aliphatic rings. The second-order valence-electron chi connectivity index (χ2n) is 7.30. The summed E-state index contributed by atoms with van der Waals surface area (Å²) in [7, 11) is 0. The Morgan fingerprint density at radius 1 is 1.11 bits per heavy atom. The lowest BCUT2D eigenvalue weighted by molar-refractivity contribution is -0.141. The number of benzene rings is 1. The Balaban J connectivity index is 1.83. The van der Waals surface area contributed by atoms with Gasteiger partial charge >= 0.3 is 0 Å². The molecule has 7 heteroatoms. The second-order valence-corrected chi connectivity index (χ2v) is 7.30. The molecule has 152 valence electrons. The molecule has 2 fully saturated rings. The van der Waals surface area contributed by atoms with E-state index in [0.29, 0.717) is 32.5 Å². The minimum absolute atomic E-state index is 0.0667. The van der Waals surface area contributed by atoms with Crippen LogP contribution in [0.1, 0.15) is 24.8 Å². The number of nitrogens with zero attached hydrogens (tertiary/aromatic N) is 2. The molecule has 2 saturated heterocycles. The number of likely N-dealkylation sites (tertiary alicyclic amines) is 1. The van der Waals surface area contributed by atoms with Gasteiger partial charge in [-0.05, 0) is 30.9 Å². The van der Waals surface area contributed by atoms with Gasteiger partial charge in [0.25, 0.3) is 6.43 Å². The van der Waals surface area contributed by atoms with Crippen molar-refractivity contribution in [3.63, 3.8) is 0 Å². The largest absolute Gasteiger partial charge is 0.370 e. The molecular weight excluding hydrogens is 366 g/mol. The molecule has 0 saturated carbocycles. The van der Waals surface area contributed by atoms with Gasteiger partial charge in [-0.2, -0.15) is 0 Å². The molecule has 0 spiro atoms. The molecule has 3 rings (SSSR count). The van der Waals surface area contributed by atoms with Crippen LogP contribution in [0, 0.1) is 0 Å². The summed E-state index contributed by atoms with van der Waals surface area (Å²) < 4.78 is 31.2. The summed E-state index contributed by atoms with van der Waals surface area (Å²) in [5.74, 6) is -0.208. The van der Waals surface area contributed by atoms with Crippen LogP contribution in [0.5, 0.6) is 0 Å². The summed E-state index contributed by atoms with van der Waals surface area (Å²) >= 11 is 0. The highest BCUT2D eigenvalue weighted by atomic mass is 19.3. The predicted octanol–water partition coefficient (Wildman–Crippen LogP) is 2.62. The van der Waals surface area contributed by atoms with Gasteiger partial charge < -0.3 is 14.5 Å². The van der Waals surface area contributed by atoms with Crippen molar-refractivity contribution in [3.8, 4) is 0 Å². The van der Waals surface area contributed by atoms with E-state index in [0.717, 1.165) is 5.56 Å². The quantitative estimate of drug-likeness (QED) is 0.741. The van der Waals surface area contributed by atoms with Crippen molar-refractivity contribution in [2.24, 2.45) is 0 Å². The summed E-state index contributed by atoms with van der Waals surface area (Å²) in [5, 5.41) is 0. The van der Waals surface area contributed by atoms with Gasteiger partial charge in [-0.15, -0.1) is 0 Å². The third-order valence-corrected chi connectivity index (χ3v) is 5.78. The third kappa shape index (κ3) is 4.09. The lowest BCUT2D eigenvalue weighted by Gasteiger charge is -2.43. The van der Waals surface area contributed by atoms with E-state index in [9.17, 15) is 18.4 Å². The number of hydrogen-bond donors (Lipinski definition) is 0. The van der Waals surface area contributed by atoms with Crippen LogP contribution >= 0.6 is 0 Å². The van der Waals surface area contributed by atoms with Crippen molar-refractivity contribution in [2.45, 2.75) is 37.2 Å². The van der Waals surface area contributed by atoms with Crippen molar-refractivity contribution in [3.05, 3.63) is 48.6 Å². The van der Waals surface area contributed by atoms with Crippen molar-refractivity contribution in [2.75, 3.05) is 32.8 Å². The minimum Gasteiger partial charge on any atom is -0.370 e. The van der Waals surface area contributed by atoms with Gasteiger partial charge in [0.1, 0.15) is 6.10 Å². The standard InChI is InChI=1S/C21H26F2N2O3/c1-2-18(26)24-12-9-21(10-13-24,16-6-4-3-5-7-16)20(27)25-11-8-17(19(22)23)28-15-14-25/h2-7,17,19H,1,8-15H2. The van der Waals surface area contributed by atoms with E-state index in [1.807, 2.05) is 30.3 Å². The van der Waals surface area contributed by atoms with Crippen LogP contribution in [0.15, 0.2) is 43.0 Å². The molecule has 5 nitrogen and oxygen atoms in total. The maximum Gasteiger partial charge on any atom is 0.264 e. The van der Waals surface area contributed by atoms with E-state index in [4.69, 9.17) is 4.74 Å². The van der Waals surface area contributed by atoms with Crippen LogP contribution in [-0.2, 0) is 19.7 Å². The van der Waals surface area contributed by atoms with E-state index < -0.39 is 17.9 Å². The zero-order chi connectivity index (χ0) is 20.1. The van der Waals surface area contributed by atoms with Crippen molar-refractivity contribution < 1.29 is 23.1 Å².